The van der Waals surface area contributed by atoms with E-state index in [1.807, 2.05) is 36.4 Å². The molecular weight excluding hydrogens is 730 g/mol. The summed E-state index contributed by atoms with van der Waals surface area (Å²) >= 11 is 0. The van der Waals surface area contributed by atoms with Crippen molar-refractivity contribution in [3.05, 3.63) is 131 Å². The van der Waals surface area contributed by atoms with Crippen LogP contribution in [0.5, 0.6) is 0 Å². The van der Waals surface area contributed by atoms with Crippen LogP contribution in [0, 0.1) is 11.8 Å². The van der Waals surface area contributed by atoms with Gasteiger partial charge in [0.25, 0.3) is 5.91 Å². The van der Waals surface area contributed by atoms with Crippen LogP contribution >= 0.6 is 0 Å². The van der Waals surface area contributed by atoms with Gasteiger partial charge in [-0.05, 0) is 99.2 Å². The summed E-state index contributed by atoms with van der Waals surface area (Å²) in [5.74, 6) is 4.30. The van der Waals surface area contributed by atoms with Crippen LogP contribution in [0.4, 0.5) is 16.2 Å². The maximum absolute atomic E-state index is 13.9. The minimum atomic E-state index is -0.955. The van der Waals surface area contributed by atoms with Crippen molar-refractivity contribution < 1.29 is 29.0 Å². The number of carbonyl (C=O) groups is 5. The van der Waals surface area contributed by atoms with Crippen molar-refractivity contribution >= 4 is 55.7 Å². The normalized spacial score (nSPS) is 17.1. The molecule has 58 heavy (non-hydrogen) atoms. The Morgan fingerprint density at radius 1 is 0.672 bits per heavy atom. The van der Waals surface area contributed by atoms with Gasteiger partial charge in [0.1, 0.15) is 24.2 Å². The summed E-state index contributed by atoms with van der Waals surface area (Å²) in [6.07, 6.45) is 2.36. The molecule has 2 fully saturated rings. The summed E-state index contributed by atoms with van der Waals surface area (Å²) in [5.41, 5.74) is 3.92. The van der Waals surface area contributed by atoms with Gasteiger partial charge in [-0.1, -0.05) is 72.5 Å². The van der Waals surface area contributed by atoms with Gasteiger partial charge < -0.3 is 35.2 Å². The van der Waals surface area contributed by atoms with E-state index in [0.717, 1.165) is 11.1 Å². The van der Waals surface area contributed by atoms with Crippen molar-refractivity contribution in [2.24, 2.45) is 0 Å². The largest absolute Gasteiger partial charge is 0.437 e. The maximum atomic E-state index is 13.9. The molecule has 4 aromatic carbocycles. The van der Waals surface area contributed by atoms with Crippen molar-refractivity contribution in [3.8, 4) is 11.8 Å². The first-order valence-corrected chi connectivity index (χ1v) is 19.4. The molecule has 0 aromatic heterocycles. The molecule has 294 valence electrons. The third-order valence-electron chi connectivity index (χ3n) is 10.8. The number of hydrogen-bond donors (Lipinski definition) is 3. The fraction of sp³-hybridized carbons (Fsp3) is 0.295. The average Bonchev–Trinajstić information content (AvgIpc) is 3.94. The van der Waals surface area contributed by atoms with Gasteiger partial charge in [-0.3, -0.25) is 24.0 Å². The number of benzene rings is 4. The van der Waals surface area contributed by atoms with E-state index in [1.165, 1.54) is 16.8 Å². The summed E-state index contributed by atoms with van der Waals surface area (Å²) in [4.78, 5) is 72.6. The zero-order valence-corrected chi connectivity index (χ0v) is 32.9. The van der Waals surface area contributed by atoms with E-state index in [2.05, 4.69) is 22.5 Å². The zero-order chi connectivity index (χ0) is 41.3. The van der Waals surface area contributed by atoms with Gasteiger partial charge in [-0.15, -0.1) is 0 Å². The Labute approximate surface area is 341 Å². The number of rotatable bonds is 11. The molecule has 2 saturated heterocycles. The molecule has 2 aliphatic rings. The van der Waals surface area contributed by atoms with E-state index < -0.39 is 37.0 Å². The van der Waals surface area contributed by atoms with Crippen LogP contribution in [0.15, 0.2) is 109 Å². The molecule has 0 bridgehead atoms. The molecule has 6 rings (SSSR count). The number of carbonyl (C=O) groups excluding carboxylic acids is 5. The molecule has 2 radical (unpaired) electrons. The molecule has 5 amide bonds. The van der Waals surface area contributed by atoms with Crippen molar-refractivity contribution in [3.63, 3.8) is 0 Å². The molecule has 2 aliphatic heterocycles. The van der Waals surface area contributed by atoms with E-state index in [4.69, 9.17) is 7.85 Å². The van der Waals surface area contributed by atoms with Gasteiger partial charge in [0.15, 0.2) is 5.81 Å². The van der Waals surface area contributed by atoms with E-state index in [-0.39, 0.29) is 23.6 Å². The SMILES string of the molecule is [B]C(=O)N(C)[C@@H](C(=O)N1CCC[C@H]1C(=O)Nc1ccc(C#Cc2ccc(NC(=O)[C@@H]3CCCN3C(=O)[C@@H](c3ccccc3)N(C)B(C)O)cc2)cc1)c1ccccc1. The molecule has 4 aromatic rings. The van der Waals surface area contributed by atoms with E-state index in [0.29, 0.717) is 61.3 Å². The lowest BCUT2D eigenvalue weighted by Crippen LogP contribution is -2.50. The molecular formula is C44H46B2N6O6. The lowest BCUT2D eigenvalue weighted by Gasteiger charge is -2.34. The molecule has 2 heterocycles. The van der Waals surface area contributed by atoms with Crippen molar-refractivity contribution in [2.45, 2.75) is 56.7 Å². The monoisotopic (exact) mass is 776 g/mol. The number of anilines is 2. The highest BCUT2D eigenvalue weighted by atomic mass is 16.2. The lowest BCUT2D eigenvalue weighted by atomic mass is 9.82. The second kappa shape index (κ2) is 18.9. The third-order valence-corrected chi connectivity index (χ3v) is 10.8. The van der Waals surface area contributed by atoms with Crippen LogP contribution in [0.3, 0.4) is 0 Å². The molecule has 12 nitrogen and oxygen atoms in total. The van der Waals surface area contributed by atoms with Crippen LogP contribution in [0.25, 0.3) is 0 Å². The Morgan fingerprint density at radius 2 is 1.07 bits per heavy atom. The summed E-state index contributed by atoms with van der Waals surface area (Å²) in [7, 11) is 7.86. The minimum absolute atomic E-state index is 0.232. The van der Waals surface area contributed by atoms with Crippen LogP contribution in [-0.2, 0) is 19.2 Å². The average molecular weight is 777 g/mol. The lowest BCUT2D eigenvalue weighted by molar-refractivity contribution is -0.140. The number of likely N-dealkylation sites (N-methyl/N-ethyl adjacent to an activating group) is 2. The Kier molecular flexibility index (Phi) is 13.5. The molecule has 14 heteroatoms. The molecule has 0 aliphatic carbocycles. The summed E-state index contributed by atoms with van der Waals surface area (Å²) in [5, 5.41) is 16.2. The van der Waals surface area contributed by atoms with Crippen molar-refractivity contribution in [1.82, 2.24) is 19.5 Å². The van der Waals surface area contributed by atoms with Crippen molar-refractivity contribution in [1.29, 1.82) is 0 Å². The highest BCUT2D eigenvalue weighted by Crippen LogP contribution is 2.30. The van der Waals surface area contributed by atoms with Crippen LogP contribution in [-0.4, -0.2) is 108 Å². The maximum Gasteiger partial charge on any atom is 0.377 e. The standard InChI is InChI=1S/C44H46B2N6O6/c1-46(58)50(3)39(33-14-8-5-9-15-33)43(56)52-29-11-17-37(52)41(54)48-35-26-22-31(23-27-35)19-18-30-20-24-34(25-21-30)47-40(53)36-16-10-28-51(36)42(55)38(49(2)44(45)57)32-12-6-4-7-13-32/h4-9,12-15,20-27,36-39,58H,10-11,16-17,28-29H2,1-3H3,(H,47,53)(H,48,54)/t36-,37-,38+,39+/m0/s1. The molecule has 4 atom stereocenters. The second-order valence-electron chi connectivity index (χ2n) is 14.6. The number of nitrogens with zero attached hydrogens (tertiary/aromatic N) is 4. The predicted molar refractivity (Wildman–Crippen MR) is 224 cm³/mol. The molecule has 3 N–H and O–H groups in total. The number of likely N-dealkylation sites (tertiary alicyclic amines) is 2. The van der Waals surface area contributed by atoms with Gasteiger partial charge in [0.2, 0.25) is 25.6 Å². The summed E-state index contributed by atoms with van der Waals surface area (Å²) < 4.78 is 0. The topological polar surface area (TPSA) is 143 Å². The van der Waals surface area contributed by atoms with Gasteiger partial charge in [-0.25, -0.2) is 0 Å². The summed E-state index contributed by atoms with van der Waals surface area (Å²) in [6.45, 7) is 2.44. The molecule has 0 saturated carbocycles. The van der Waals surface area contributed by atoms with Crippen LogP contribution in [0.2, 0.25) is 6.82 Å². The van der Waals surface area contributed by atoms with E-state index >= 15 is 0 Å². The second-order valence-corrected chi connectivity index (χ2v) is 14.6. The molecule has 0 unspecified atom stereocenters. The first-order valence-electron chi connectivity index (χ1n) is 19.4. The first kappa shape index (κ1) is 41.5. The van der Waals surface area contributed by atoms with Gasteiger partial charge in [-0.2, -0.15) is 0 Å². The van der Waals surface area contributed by atoms with Gasteiger partial charge >= 0.3 is 7.05 Å². The Hall–Kier alpha value is -6.16. The van der Waals surface area contributed by atoms with Gasteiger partial charge in [0, 0.05) is 42.6 Å². The minimum Gasteiger partial charge on any atom is -0.437 e. The fourth-order valence-corrected chi connectivity index (χ4v) is 7.49. The predicted octanol–water partition coefficient (Wildman–Crippen LogP) is 4.69. The number of nitrogens with one attached hydrogen (secondary N) is 2. The highest BCUT2D eigenvalue weighted by molar-refractivity contribution is 6.57. The highest BCUT2D eigenvalue weighted by Gasteiger charge is 2.41. The number of hydrogen-bond acceptors (Lipinski definition) is 7. The summed E-state index contributed by atoms with van der Waals surface area (Å²) in [6, 6.07) is 29.3. The zero-order valence-electron chi connectivity index (χ0n) is 32.9. The third kappa shape index (κ3) is 9.68. The van der Waals surface area contributed by atoms with Crippen LogP contribution < -0.4 is 10.6 Å². The fourth-order valence-electron chi connectivity index (χ4n) is 7.49. The van der Waals surface area contributed by atoms with E-state index in [1.54, 1.807) is 96.4 Å². The quantitative estimate of drug-likeness (QED) is 0.148. The Bertz CT molecular complexity index is 2160. The van der Waals surface area contributed by atoms with Gasteiger partial charge in [0.05, 0.1) is 0 Å². The van der Waals surface area contributed by atoms with E-state index in [9.17, 15) is 29.0 Å². The Balaban J connectivity index is 1.04. The Morgan fingerprint density at radius 3 is 1.47 bits per heavy atom. The smallest absolute Gasteiger partial charge is 0.377 e. The van der Waals surface area contributed by atoms with Crippen LogP contribution in [0.1, 0.15) is 60.0 Å². The van der Waals surface area contributed by atoms with Crippen molar-refractivity contribution in [2.75, 3.05) is 37.8 Å². The first-order chi connectivity index (χ1) is 27.9. The number of amides is 5. The molecule has 0 spiro atoms.